The molecule has 1 unspecified atom stereocenters. The molecular formula is C17H20Cl2N2O2. The normalized spacial score (nSPS) is 11.3. The summed E-state index contributed by atoms with van der Waals surface area (Å²) < 4.78 is 5.79. The number of nitrogens with one attached hydrogen (secondary N) is 1. The summed E-state index contributed by atoms with van der Waals surface area (Å²) in [4.78, 5) is 15.7. The van der Waals surface area contributed by atoms with Crippen molar-refractivity contribution in [1.29, 1.82) is 0 Å². The predicted octanol–water partition coefficient (Wildman–Crippen LogP) is 4.16. The minimum absolute atomic E-state index is 0. The zero-order chi connectivity index (χ0) is 16.1. The topological polar surface area (TPSA) is 51.2 Å². The average Bonchev–Trinajstić information content (AvgIpc) is 2.49. The van der Waals surface area contributed by atoms with Crippen molar-refractivity contribution in [2.24, 2.45) is 0 Å². The Bertz CT molecular complexity index is 658. The number of halogens is 2. The molecule has 0 aliphatic heterocycles. The van der Waals surface area contributed by atoms with Crippen molar-refractivity contribution in [3.8, 4) is 11.6 Å². The number of pyridine rings is 1. The SMILES string of the molecule is Cc1ccc(C)c(Oc2ccc(CNC(=O)C(C)Cl)cn2)c1.Cl. The number of aryl methyl sites for hydroxylation is 2. The molecule has 23 heavy (non-hydrogen) atoms. The van der Waals surface area contributed by atoms with Crippen LogP contribution in [0.2, 0.25) is 0 Å². The number of alkyl halides is 1. The van der Waals surface area contributed by atoms with Gasteiger partial charge in [-0.1, -0.05) is 18.2 Å². The van der Waals surface area contributed by atoms with E-state index in [1.165, 1.54) is 0 Å². The predicted molar refractivity (Wildman–Crippen MR) is 94.6 cm³/mol. The lowest BCUT2D eigenvalue weighted by Gasteiger charge is -2.10. The first-order chi connectivity index (χ1) is 10.5. The third kappa shape index (κ3) is 5.73. The summed E-state index contributed by atoms with van der Waals surface area (Å²) in [5.41, 5.74) is 3.08. The zero-order valence-electron chi connectivity index (χ0n) is 13.3. The molecule has 1 atom stereocenters. The van der Waals surface area contributed by atoms with Gasteiger partial charge in [0.15, 0.2) is 0 Å². The highest BCUT2D eigenvalue weighted by Gasteiger charge is 2.08. The largest absolute Gasteiger partial charge is 0.439 e. The summed E-state index contributed by atoms with van der Waals surface area (Å²) >= 11 is 5.69. The molecular weight excluding hydrogens is 335 g/mol. The van der Waals surface area contributed by atoms with Crippen LogP contribution in [0.3, 0.4) is 0 Å². The Hall–Kier alpha value is -1.78. The molecule has 124 valence electrons. The maximum absolute atomic E-state index is 11.4. The Labute approximate surface area is 147 Å². The van der Waals surface area contributed by atoms with Gasteiger partial charge in [-0.05, 0) is 43.5 Å². The molecule has 1 heterocycles. The van der Waals surface area contributed by atoms with Gasteiger partial charge in [0.1, 0.15) is 11.1 Å². The Morgan fingerprint density at radius 2 is 2.04 bits per heavy atom. The molecule has 2 rings (SSSR count). The highest BCUT2D eigenvalue weighted by molar-refractivity contribution is 6.30. The van der Waals surface area contributed by atoms with Crippen LogP contribution in [0.15, 0.2) is 36.5 Å². The quantitative estimate of drug-likeness (QED) is 0.820. The third-order valence-corrected chi connectivity index (χ3v) is 3.38. The molecule has 6 heteroatoms. The number of nitrogens with zero attached hydrogens (tertiary/aromatic N) is 1. The summed E-state index contributed by atoms with van der Waals surface area (Å²) in [6, 6.07) is 9.69. The van der Waals surface area contributed by atoms with Crippen LogP contribution in [0.25, 0.3) is 0 Å². The van der Waals surface area contributed by atoms with Gasteiger partial charge in [0.25, 0.3) is 0 Å². The van der Waals surface area contributed by atoms with E-state index in [1.807, 2.05) is 38.1 Å². The van der Waals surface area contributed by atoms with E-state index in [1.54, 1.807) is 19.2 Å². The highest BCUT2D eigenvalue weighted by atomic mass is 35.5. The molecule has 0 aliphatic carbocycles. The number of hydrogen-bond donors (Lipinski definition) is 1. The lowest BCUT2D eigenvalue weighted by molar-refractivity contribution is -0.120. The van der Waals surface area contributed by atoms with Crippen molar-refractivity contribution in [3.05, 3.63) is 53.2 Å². The van der Waals surface area contributed by atoms with Crippen LogP contribution in [0.4, 0.5) is 0 Å². The molecule has 1 aromatic carbocycles. The Balaban J connectivity index is 0.00000264. The summed E-state index contributed by atoms with van der Waals surface area (Å²) in [6.07, 6.45) is 1.68. The van der Waals surface area contributed by atoms with Gasteiger partial charge in [0, 0.05) is 18.8 Å². The molecule has 2 aromatic rings. The van der Waals surface area contributed by atoms with Crippen LogP contribution in [-0.4, -0.2) is 16.3 Å². The number of carbonyl (C=O) groups excluding carboxylic acids is 1. The monoisotopic (exact) mass is 354 g/mol. The summed E-state index contributed by atoms with van der Waals surface area (Å²) in [6.45, 7) is 6.04. The molecule has 0 aliphatic rings. The fourth-order valence-corrected chi connectivity index (χ4v) is 1.91. The number of aromatic nitrogens is 1. The van der Waals surface area contributed by atoms with E-state index >= 15 is 0 Å². The molecule has 1 amide bonds. The summed E-state index contributed by atoms with van der Waals surface area (Å²) in [7, 11) is 0. The smallest absolute Gasteiger partial charge is 0.238 e. The van der Waals surface area contributed by atoms with Crippen molar-refractivity contribution in [1.82, 2.24) is 10.3 Å². The number of amides is 1. The number of ether oxygens (including phenoxy) is 1. The molecule has 0 spiro atoms. The van der Waals surface area contributed by atoms with Crippen LogP contribution >= 0.6 is 24.0 Å². The number of benzene rings is 1. The first-order valence-corrected chi connectivity index (χ1v) is 7.51. The highest BCUT2D eigenvalue weighted by Crippen LogP contribution is 2.24. The molecule has 4 nitrogen and oxygen atoms in total. The van der Waals surface area contributed by atoms with Gasteiger partial charge < -0.3 is 10.1 Å². The fraction of sp³-hybridized carbons (Fsp3) is 0.294. The van der Waals surface area contributed by atoms with Crippen molar-refractivity contribution in [2.75, 3.05) is 0 Å². The van der Waals surface area contributed by atoms with E-state index in [0.29, 0.717) is 12.4 Å². The van der Waals surface area contributed by atoms with E-state index in [0.717, 1.165) is 22.4 Å². The van der Waals surface area contributed by atoms with Gasteiger partial charge in [-0.3, -0.25) is 4.79 Å². The van der Waals surface area contributed by atoms with E-state index in [-0.39, 0.29) is 18.3 Å². The fourth-order valence-electron chi connectivity index (χ4n) is 1.84. The number of rotatable bonds is 5. The lowest BCUT2D eigenvalue weighted by atomic mass is 10.1. The maximum Gasteiger partial charge on any atom is 0.238 e. The van der Waals surface area contributed by atoms with E-state index in [9.17, 15) is 4.79 Å². The average molecular weight is 355 g/mol. The lowest BCUT2D eigenvalue weighted by Crippen LogP contribution is -2.29. The number of hydrogen-bond acceptors (Lipinski definition) is 3. The van der Waals surface area contributed by atoms with E-state index in [2.05, 4.69) is 10.3 Å². The van der Waals surface area contributed by atoms with Gasteiger partial charge in [-0.2, -0.15) is 0 Å². The van der Waals surface area contributed by atoms with Crippen LogP contribution in [0.1, 0.15) is 23.6 Å². The van der Waals surface area contributed by atoms with Crippen LogP contribution in [-0.2, 0) is 11.3 Å². The first kappa shape index (κ1) is 19.3. The van der Waals surface area contributed by atoms with Gasteiger partial charge in [0.05, 0.1) is 0 Å². The Morgan fingerprint density at radius 3 is 2.65 bits per heavy atom. The number of carbonyl (C=O) groups is 1. The molecule has 1 N–H and O–H groups in total. The zero-order valence-corrected chi connectivity index (χ0v) is 14.9. The van der Waals surface area contributed by atoms with E-state index in [4.69, 9.17) is 16.3 Å². The summed E-state index contributed by atoms with van der Waals surface area (Å²) in [5.74, 6) is 1.12. The molecule has 0 saturated heterocycles. The van der Waals surface area contributed by atoms with Crippen LogP contribution in [0.5, 0.6) is 11.6 Å². The van der Waals surface area contributed by atoms with Crippen LogP contribution < -0.4 is 10.1 Å². The van der Waals surface area contributed by atoms with Gasteiger partial charge in [0.2, 0.25) is 11.8 Å². The second-order valence-corrected chi connectivity index (χ2v) is 5.86. The Morgan fingerprint density at radius 1 is 1.30 bits per heavy atom. The van der Waals surface area contributed by atoms with Gasteiger partial charge in [-0.15, -0.1) is 24.0 Å². The second kappa shape index (κ2) is 8.75. The van der Waals surface area contributed by atoms with Gasteiger partial charge >= 0.3 is 0 Å². The molecule has 0 bridgehead atoms. The van der Waals surface area contributed by atoms with Crippen molar-refractivity contribution < 1.29 is 9.53 Å². The molecule has 1 aromatic heterocycles. The first-order valence-electron chi connectivity index (χ1n) is 7.07. The minimum atomic E-state index is -0.542. The van der Waals surface area contributed by atoms with E-state index < -0.39 is 5.38 Å². The van der Waals surface area contributed by atoms with Crippen LogP contribution in [0, 0.1) is 13.8 Å². The minimum Gasteiger partial charge on any atom is -0.439 e. The molecule has 0 fully saturated rings. The van der Waals surface area contributed by atoms with Gasteiger partial charge in [-0.25, -0.2) is 4.98 Å². The third-order valence-electron chi connectivity index (χ3n) is 3.18. The second-order valence-electron chi connectivity index (χ2n) is 5.21. The standard InChI is InChI=1S/C17H19ClN2O2.ClH/c1-11-4-5-12(2)15(8-11)22-16-7-6-14(9-19-16)10-20-17(21)13(3)18;/h4-9,13H,10H2,1-3H3,(H,20,21);1H. The summed E-state index contributed by atoms with van der Waals surface area (Å²) in [5, 5.41) is 2.19. The molecule has 0 saturated carbocycles. The maximum atomic E-state index is 11.4. The Kier molecular flexibility index (Phi) is 7.33. The van der Waals surface area contributed by atoms with Crippen molar-refractivity contribution >= 4 is 29.9 Å². The van der Waals surface area contributed by atoms with Crippen molar-refractivity contribution in [2.45, 2.75) is 32.7 Å². The molecule has 0 radical (unpaired) electrons. The van der Waals surface area contributed by atoms with Crippen molar-refractivity contribution in [3.63, 3.8) is 0 Å².